The van der Waals surface area contributed by atoms with E-state index in [1.54, 1.807) is 19.1 Å². The van der Waals surface area contributed by atoms with Gasteiger partial charge < -0.3 is 10.1 Å². The summed E-state index contributed by atoms with van der Waals surface area (Å²) in [7, 11) is -4.01. The van der Waals surface area contributed by atoms with E-state index in [1.807, 2.05) is 12.1 Å². The fourth-order valence-corrected chi connectivity index (χ4v) is 5.78. The van der Waals surface area contributed by atoms with Crippen LogP contribution in [0.3, 0.4) is 0 Å². The highest BCUT2D eigenvalue weighted by molar-refractivity contribution is 7.92. The first-order valence-electron chi connectivity index (χ1n) is 10.8. The molecular formula is C25H21F3N2O5S. The Labute approximate surface area is 205 Å². The van der Waals surface area contributed by atoms with E-state index in [4.69, 9.17) is 4.74 Å². The van der Waals surface area contributed by atoms with Crippen molar-refractivity contribution in [3.8, 4) is 0 Å². The number of para-hydroxylation sites is 2. The van der Waals surface area contributed by atoms with Crippen molar-refractivity contribution >= 4 is 33.3 Å². The van der Waals surface area contributed by atoms with Crippen LogP contribution in [0.25, 0.3) is 0 Å². The number of carbonyl (C=O) groups excluding carboxylic acids is 2. The fraction of sp³-hybridized carbons (Fsp3) is 0.200. The second kappa shape index (κ2) is 9.65. The molecule has 1 unspecified atom stereocenters. The van der Waals surface area contributed by atoms with Crippen LogP contribution >= 0.6 is 0 Å². The number of amides is 1. The summed E-state index contributed by atoms with van der Waals surface area (Å²) >= 11 is 0. The van der Waals surface area contributed by atoms with Crippen molar-refractivity contribution in [1.82, 2.24) is 0 Å². The Morgan fingerprint density at radius 1 is 1.03 bits per heavy atom. The molecule has 0 saturated carbocycles. The lowest BCUT2D eigenvalue weighted by atomic mass is 10.1. The number of anilines is 2. The molecular weight excluding hydrogens is 497 g/mol. The van der Waals surface area contributed by atoms with Crippen molar-refractivity contribution < 1.29 is 35.9 Å². The predicted molar refractivity (Wildman–Crippen MR) is 126 cm³/mol. The lowest BCUT2D eigenvalue weighted by Gasteiger charge is -2.24. The molecule has 3 aromatic rings. The van der Waals surface area contributed by atoms with Gasteiger partial charge in [-0.2, -0.15) is 13.2 Å². The summed E-state index contributed by atoms with van der Waals surface area (Å²) in [5.41, 5.74) is -0.185. The van der Waals surface area contributed by atoms with Crippen LogP contribution in [0.2, 0.25) is 0 Å². The molecule has 188 valence electrons. The van der Waals surface area contributed by atoms with Crippen molar-refractivity contribution in [2.45, 2.75) is 30.5 Å². The van der Waals surface area contributed by atoms with Crippen LogP contribution < -0.4 is 9.62 Å². The second-order valence-corrected chi connectivity index (χ2v) is 9.99. The topological polar surface area (TPSA) is 92.8 Å². The molecule has 0 aliphatic carbocycles. The molecule has 1 atom stereocenters. The highest BCUT2D eigenvalue weighted by Crippen LogP contribution is 2.37. The molecule has 1 aliphatic heterocycles. The number of fused-ring (bicyclic) bond motifs is 1. The van der Waals surface area contributed by atoms with E-state index < -0.39 is 45.9 Å². The van der Waals surface area contributed by atoms with Gasteiger partial charge >= 0.3 is 12.1 Å². The van der Waals surface area contributed by atoms with Gasteiger partial charge in [0.1, 0.15) is 0 Å². The lowest BCUT2D eigenvalue weighted by Crippen LogP contribution is -2.35. The van der Waals surface area contributed by atoms with E-state index in [1.165, 1.54) is 34.6 Å². The molecule has 11 heteroatoms. The molecule has 4 rings (SSSR count). The minimum absolute atomic E-state index is 0.125. The Morgan fingerprint density at radius 3 is 2.47 bits per heavy atom. The molecule has 0 fully saturated rings. The van der Waals surface area contributed by atoms with Crippen molar-refractivity contribution in [2.24, 2.45) is 0 Å². The Bertz CT molecular complexity index is 1420. The third-order valence-electron chi connectivity index (χ3n) is 5.61. The van der Waals surface area contributed by atoms with Crippen molar-refractivity contribution in [3.05, 3.63) is 89.5 Å². The Kier molecular flexibility index (Phi) is 6.77. The van der Waals surface area contributed by atoms with E-state index >= 15 is 0 Å². The van der Waals surface area contributed by atoms with Crippen LogP contribution in [-0.4, -0.2) is 32.9 Å². The number of benzene rings is 3. The molecule has 1 N–H and O–H groups in total. The summed E-state index contributed by atoms with van der Waals surface area (Å²) in [4.78, 5) is 24.5. The van der Waals surface area contributed by atoms with E-state index in [0.29, 0.717) is 12.1 Å². The molecule has 36 heavy (non-hydrogen) atoms. The van der Waals surface area contributed by atoms with Gasteiger partial charge in [0.15, 0.2) is 6.61 Å². The highest BCUT2D eigenvalue weighted by Gasteiger charge is 2.36. The second-order valence-electron chi connectivity index (χ2n) is 8.18. The first-order valence-corrected chi connectivity index (χ1v) is 12.3. The zero-order valence-corrected chi connectivity index (χ0v) is 19.8. The van der Waals surface area contributed by atoms with Gasteiger partial charge in [-0.1, -0.05) is 36.4 Å². The first kappa shape index (κ1) is 25.2. The van der Waals surface area contributed by atoms with Crippen LogP contribution in [0.4, 0.5) is 24.5 Å². The van der Waals surface area contributed by atoms with Crippen LogP contribution in [0.1, 0.15) is 28.4 Å². The van der Waals surface area contributed by atoms with Crippen LogP contribution in [0.15, 0.2) is 77.7 Å². The van der Waals surface area contributed by atoms with Gasteiger partial charge in [-0.05, 0) is 55.3 Å². The number of ether oxygens (including phenoxy) is 1. The molecule has 1 aliphatic rings. The molecule has 0 aromatic heterocycles. The molecule has 0 radical (unpaired) electrons. The number of halogens is 3. The standard InChI is InChI=1S/C25H21F3N2O5S/c1-16-13-17-7-2-5-12-22(17)30(16)36(33,34)19-9-6-8-18(14-19)24(32)35-15-23(31)29-21-11-4-3-10-20(21)25(26,27)28/h2-12,14,16H,13,15H2,1H3,(H,29,31). The zero-order chi connectivity index (χ0) is 26.1. The van der Waals surface area contributed by atoms with E-state index in [2.05, 4.69) is 5.32 Å². The van der Waals surface area contributed by atoms with Crippen LogP contribution in [0, 0.1) is 0 Å². The Hall–Kier alpha value is -3.86. The summed E-state index contributed by atoms with van der Waals surface area (Å²) in [6.45, 7) is 0.920. The van der Waals surface area contributed by atoms with E-state index in [9.17, 15) is 31.2 Å². The summed E-state index contributed by atoms with van der Waals surface area (Å²) in [5, 5.41) is 2.07. The van der Waals surface area contributed by atoms with Crippen LogP contribution in [0.5, 0.6) is 0 Å². The minimum atomic E-state index is -4.68. The monoisotopic (exact) mass is 518 g/mol. The normalized spacial score (nSPS) is 15.3. The number of sulfonamides is 1. The molecule has 0 saturated heterocycles. The lowest BCUT2D eigenvalue weighted by molar-refractivity contribution is -0.137. The zero-order valence-electron chi connectivity index (χ0n) is 19.0. The van der Waals surface area contributed by atoms with E-state index in [-0.39, 0.29) is 16.5 Å². The molecule has 0 bridgehead atoms. The smallest absolute Gasteiger partial charge is 0.418 e. The van der Waals surface area contributed by atoms with Gasteiger partial charge in [-0.25, -0.2) is 13.2 Å². The van der Waals surface area contributed by atoms with Gasteiger partial charge in [-0.15, -0.1) is 0 Å². The third kappa shape index (κ3) is 5.06. The number of nitrogens with zero attached hydrogens (tertiary/aromatic N) is 1. The molecule has 1 heterocycles. The third-order valence-corrected chi connectivity index (χ3v) is 7.54. The molecule has 3 aromatic carbocycles. The maximum atomic E-state index is 13.4. The van der Waals surface area contributed by atoms with E-state index in [0.717, 1.165) is 23.8 Å². The average Bonchev–Trinajstić information content (AvgIpc) is 3.18. The summed E-state index contributed by atoms with van der Waals surface area (Å²) in [5.74, 6) is -1.98. The number of nitrogens with one attached hydrogen (secondary N) is 1. The van der Waals surface area contributed by atoms with Crippen molar-refractivity contribution in [3.63, 3.8) is 0 Å². The highest BCUT2D eigenvalue weighted by atomic mass is 32.2. The summed E-state index contributed by atoms with van der Waals surface area (Å²) in [6, 6.07) is 16.4. The van der Waals surface area contributed by atoms with Gasteiger partial charge in [-0.3, -0.25) is 9.10 Å². The average molecular weight is 519 g/mol. The van der Waals surface area contributed by atoms with Gasteiger partial charge in [0.25, 0.3) is 15.9 Å². The Morgan fingerprint density at radius 2 is 1.72 bits per heavy atom. The Balaban J connectivity index is 1.47. The molecule has 7 nitrogen and oxygen atoms in total. The fourth-order valence-electron chi connectivity index (χ4n) is 4.04. The number of alkyl halides is 3. The summed E-state index contributed by atoms with van der Waals surface area (Å²) in [6.07, 6.45) is -4.14. The maximum absolute atomic E-state index is 13.4. The number of hydrogen-bond donors (Lipinski definition) is 1. The largest absolute Gasteiger partial charge is 0.452 e. The molecule has 1 amide bonds. The number of esters is 1. The summed E-state index contributed by atoms with van der Waals surface area (Å²) < 4.78 is 72.3. The van der Waals surface area contributed by atoms with Crippen molar-refractivity contribution in [1.29, 1.82) is 0 Å². The number of carbonyl (C=O) groups is 2. The van der Waals surface area contributed by atoms with Gasteiger partial charge in [0.2, 0.25) is 0 Å². The first-order chi connectivity index (χ1) is 17.0. The molecule has 0 spiro atoms. The van der Waals surface area contributed by atoms with Gasteiger partial charge in [0.05, 0.1) is 27.4 Å². The van der Waals surface area contributed by atoms with Crippen LogP contribution in [-0.2, 0) is 32.2 Å². The maximum Gasteiger partial charge on any atom is 0.418 e. The van der Waals surface area contributed by atoms with Crippen molar-refractivity contribution in [2.75, 3.05) is 16.2 Å². The predicted octanol–water partition coefficient (Wildman–Crippen LogP) is 4.64. The quantitative estimate of drug-likeness (QED) is 0.480. The minimum Gasteiger partial charge on any atom is -0.452 e. The SMILES string of the molecule is CC1Cc2ccccc2N1S(=O)(=O)c1cccc(C(=O)OCC(=O)Nc2ccccc2C(F)(F)F)c1. The number of hydrogen-bond acceptors (Lipinski definition) is 5. The number of rotatable bonds is 6. The van der Waals surface area contributed by atoms with Gasteiger partial charge in [0, 0.05) is 6.04 Å².